The van der Waals surface area contributed by atoms with Crippen molar-refractivity contribution in [3.05, 3.63) is 63.3 Å². The van der Waals surface area contributed by atoms with Gasteiger partial charge in [0.05, 0.1) is 5.02 Å². The van der Waals surface area contributed by atoms with Gasteiger partial charge in [-0.05, 0) is 24.3 Å². The van der Waals surface area contributed by atoms with Gasteiger partial charge in [-0.25, -0.2) is 4.39 Å². The number of hydrogen-bond donors (Lipinski definition) is 1. The first-order valence-electron chi connectivity index (χ1n) is 6.39. The summed E-state index contributed by atoms with van der Waals surface area (Å²) in [5.41, 5.74) is 0.923. The Bertz CT molecular complexity index is 866. The molecule has 0 saturated carbocycles. The zero-order valence-electron chi connectivity index (χ0n) is 11.4. The average Bonchev–Trinajstić information content (AvgIpc) is 2.95. The molecule has 1 aromatic heterocycles. The molecular formula is C15H8BrClFN3OS. The van der Waals surface area contributed by atoms with E-state index in [0.29, 0.717) is 19.6 Å². The Morgan fingerprint density at radius 2 is 2.00 bits per heavy atom. The Morgan fingerprint density at radius 1 is 1.22 bits per heavy atom. The van der Waals surface area contributed by atoms with Gasteiger partial charge in [0.25, 0.3) is 5.91 Å². The van der Waals surface area contributed by atoms with Gasteiger partial charge in [-0.15, -0.1) is 10.2 Å². The fourth-order valence-electron chi connectivity index (χ4n) is 1.87. The van der Waals surface area contributed by atoms with Crippen LogP contribution in [0.25, 0.3) is 10.6 Å². The first-order valence-corrected chi connectivity index (χ1v) is 8.37. The van der Waals surface area contributed by atoms with Gasteiger partial charge in [-0.2, -0.15) is 0 Å². The largest absolute Gasteiger partial charge is 0.296 e. The molecule has 0 bridgehead atoms. The number of amides is 1. The zero-order valence-corrected chi connectivity index (χ0v) is 14.5. The Balaban J connectivity index is 1.82. The number of benzene rings is 2. The molecule has 0 aliphatic heterocycles. The van der Waals surface area contributed by atoms with Crippen molar-refractivity contribution >= 4 is 49.9 Å². The van der Waals surface area contributed by atoms with Crippen LogP contribution in [0.1, 0.15) is 10.4 Å². The van der Waals surface area contributed by atoms with Crippen LogP contribution < -0.4 is 5.32 Å². The lowest BCUT2D eigenvalue weighted by Gasteiger charge is -2.02. The number of hydrogen-bond acceptors (Lipinski definition) is 4. The van der Waals surface area contributed by atoms with Gasteiger partial charge in [-0.1, -0.05) is 57.1 Å². The highest BCUT2D eigenvalue weighted by molar-refractivity contribution is 9.10. The summed E-state index contributed by atoms with van der Waals surface area (Å²) in [7, 11) is 0. The van der Waals surface area contributed by atoms with Crippen molar-refractivity contribution < 1.29 is 9.18 Å². The van der Waals surface area contributed by atoms with Crippen LogP contribution in [0.3, 0.4) is 0 Å². The highest BCUT2D eigenvalue weighted by Gasteiger charge is 2.14. The summed E-state index contributed by atoms with van der Waals surface area (Å²) in [4.78, 5) is 12.1. The van der Waals surface area contributed by atoms with E-state index < -0.39 is 11.7 Å². The van der Waals surface area contributed by atoms with Crippen molar-refractivity contribution in [1.82, 2.24) is 10.2 Å². The van der Waals surface area contributed by atoms with Crippen LogP contribution in [0.4, 0.5) is 9.52 Å². The Kier molecular flexibility index (Phi) is 4.70. The monoisotopic (exact) mass is 411 g/mol. The predicted molar refractivity (Wildman–Crippen MR) is 92.4 cm³/mol. The average molecular weight is 413 g/mol. The third kappa shape index (κ3) is 3.74. The minimum absolute atomic E-state index is 0.186. The third-order valence-corrected chi connectivity index (χ3v) is 4.53. The standard InChI is InChI=1S/C15H8BrClFN3OS/c16-9-5-8(6-10(18)7-9)13(22)19-15-21-20-14(23-15)11-3-1-2-4-12(11)17/h1-7H,(H,19,21,22). The van der Waals surface area contributed by atoms with Crippen LogP contribution in [0.15, 0.2) is 46.9 Å². The molecule has 0 atom stereocenters. The van der Waals surface area contributed by atoms with Crippen LogP contribution in [-0.2, 0) is 0 Å². The molecule has 0 fully saturated rings. The van der Waals surface area contributed by atoms with Gasteiger partial charge in [0.2, 0.25) is 5.13 Å². The molecule has 3 aromatic rings. The number of nitrogens with zero attached hydrogens (tertiary/aromatic N) is 2. The molecule has 0 aliphatic carbocycles. The van der Waals surface area contributed by atoms with Crippen molar-refractivity contribution in [3.8, 4) is 10.6 Å². The van der Waals surface area contributed by atoms with Crippen LogP contribution in [0.2, 0.25) is 5.02 Å². The normalized spacial score (nSPS) is 10.6. The fourth-order valence-corrected chi connectivity index (χ4v) is 3.40. The maximum Gasteiger partial charge on any atom is 0.257 e. The highest BCUT2D eigenvalue weighted by atomic mass is 79.9. The number of carbonyl (C=O) groups excluding carboxylic acids is 1. The summed E-state index contributed by atoms with van der Waals surface area (Å²) in [5, 5.41) is 12.0. The van der Waals surface area contributed by atoms with Crippen LogP contribution >= 0.6 is 38.9 Å². The van der Waals surface area contributed by atoms with Crippen molar-refractivity contribution in [2.45, 2.75) is 0 Å². The quantitative estimate of drug-likeness (QED) is 0.658. The minimum Gasteiger partial charge on any atom is -0.296 e. The lowest BCUT2D eigenvalue weighted by molar-refractivity contribution is 0.102. The minimum atomic E-state index is -0.501. The molecule has 1 N–H and O–H groups in total. The molecule has 23 heavy (non-hydrogen) atoms. The number of nitrogens with one attached hydrogen (secondary N) is 1. The second-order valence-electron chi connectivity index (χ2n) is 4.50. The van der Waals surface area contributed by atoms with Crippen LogP contribution in [-0.4, -0.2) is 16.1 Å². The number of rotatable bonds is 3. The Hall–Kier alpha value is -1.83. The lowest BCUT2D eigenvalue weighted by atomic mass is 10.2. The predicted octanol–water partition coefficient (Wildman–Crippen LogP) is 5.01. The molecule has 3 rings (SSSR count). The van der Waals surface area contributed by atoms with E-state index in [0.717, 1.165) is 11.6 Å². The Morgan fingerprint density at radius 3 is 2.74 bits per heavy atom. The molecule has 1 amide bonds. The van der Waals surface area contributed by atoms with Gasteiger partial charge >= 0.3 is 0 Å². The maximum atomic E-state index is 13.3. The zero-order chi connectivity index (χ0) is 16.4. The van der Waals surface area contributed by atoms with Crippen molar-refractivity contribution in [3.63, 3.8) is 0 Å². The summed E-state index contributed by atoms with van der Waals surface area (Å²) >= 11 is 10.4. The molecule has 2 aromatic carbocycles. The molecule has 0 unspecified atom stereocenters. The van der Waals surface area contributed by atoms with E-state index in [2.05, 4.69) is 31.4 Å². The van der Waals surface area contributed by atoms with E-state index in [1.165, 1.54) is 23.5 Å². The molecule has 8 heteroatoms. The number of halogens is 3. The van der Waals surface area contributed by atoms with Crippen molar-refractivity contribution in [2.24, 2.45) is 0 Å². The molecule has 0 spiro atoms. The van der Waals surface area contributed by atoms with Crippen molar-refractivity contribution in [2.75, 3.05) is 5.32 Å². The summed E-state index contributed by atoms with van der Waals surface area (Å²) < 4.78 is 13.8. The van der Waals surface area contributed by atoms with E-state index in [1.807, 2.05) is 18.2 Å². The van der Waals surface area contributed by atoms with Gasteiger partial charge < -0.3 is 0 Å². The third-order valence-electron chi connectivity index (χ3n) is 2.87. The summed E-state index contributed by atoms with van der Waals surface area (Å²) in [6.07, 6.45) is 0. The van der Waals surface area contributed by atoms with Crippen molar-refractivity contribution in [1.29, 1.82) is 0 Å². The lowest BCUT2D eigenvalue weighted by Crippen LogP contribution is -2.12. The van der Waals surface area contributed by atoms with E-state index in [4.69, 9.17) is 11.6 Å². The van der Waals surface area contributed by atoms with Gasteiger partial charge in [0.15, 0.2) is 5.01 Å². The number of carbonyl (C=O) groups is 1. The maximum absolute atomic E-state index is 13.3. The molecule has 116 valence electrons. The number of anilines is 1. The molecule has 4 nitrogen and oxygen atoms in total. The molecule has 0 aliphatic rings. The van der Waals surface area contributed by atoms with E-state index >= 15 is 0 Å². The summed E-state index contributed by atoms with van der Waals surface area (Å²) in [6, 6.07) is 11.2. The summed E-state index contributed by atoms with van der Waals surface area (Å²) in [5.74, 6) is -0.967. The van der Waals surface area contributed by atoms with E-state index in [9.17, 15) is 9.18 Å². The first-order chi connectivity index (χ1) is 11.0. The number of aromatic nitrogens is 2. The SMILES string of the molecule is O=C(Nc1nnc(-c2ccccc2Cl)s1)c1cc(F)cc(Br)c1. The highest BCUT2D eigenvalue weighted by Crippen LogP contribution is 2.31. The topological polar surface area (TPSA) is 54.9 Å². The molecule has 0 radical (unpaired) electrons. The Labute approximate surface area is 148 Å². The van der Waals surface area contributed by atoms with Crippen LogP contribution in [0, 0.1) is 5.82 Å². The van der Waals surface area contributed by atoms with Gasteiger partial charge in [0, 0.05) is 15.6 Å². The second-order valence-corrected chi connectivity index (χ2v) is 6.80. The molecule has 0 saturated heterocycles. The second kappa shape index (κ2) is 6.74. The smallest absolute Gasteiger partial charge is 0.257 e. The van der Waals surface area contributed by atoms with Crippen LogP contribution in [0.5, 0.6) is 0 Å². The van der Waals surface area contributed by atoms with Gasteiger partial charge in [0.1, 0.15) is 5.82 Å². The van der Waals surface area contributed by atoms with E-state index in [-0.39, 0.29) is 5.56 Å². The van der Waals surface area contributed by atoms with E-state index in [1.54, 1.807) is 6.07 Å². The fraction of sp³-hybridized carbons (Fsp3) is 0. The summed E-state index contributed by atoms with van der Waals surface area (Å²) in [6.45, 7) is 0. The van der Waals surface area contributed by atoms with Gasteiger partial charge in [-0.3, -0.25) is 10.1 Å². The molecular weight excluding hydrogens is 405 g/mol. The first kappa shape index (κ1) is 16.0. The molecule has 1 heterocycles.